The topological polar surface area (TPSA) is 105 Å². The molecule has 0 spiro atoms. The Morgan fingerprint density at radius 1 is 1.25 bits per heavy atom. The lowest BCUT2D eigenvalue weighted by molar-refractivity contribution is -0.140. The van der Waals surface area contributed by atoms with E-state index in [9.17, 15) is 9.59 Å². The zero-order chi connectivity index (χ0) is 19.9. The summed E-state index contributed by atoms with van der Waals surface area (Å²) in [6.07, 6.45) is 2.13. The maximum absolute atomic E-state index is 12.9. The van der Waals surface area contributed by atoms with Gasteiger partial charge >= 0.3 is 5.97 Å². The summed E-state index contributed by atoms with van der Waals surface area (Å²) in [4.78, 5) is 29.1. The number of rotatable bonds is 9. The van der Waals surface area contributed by atoms with Crippen molar-refractivity contribution >= 4 is 28.6 Å². The number of benzene rings is 1. The molecule has 0 saturated carbocycles. The van der Waals surface area contributed by atoms with Crippen molar-refractivity contribution in [3.8, 4) is 0 Å². The quantitative estimate of drug-likeness (QED) is 0.304. The van der Waals surface area contributed by atoms with Crippen molar-refractivity contribution in [2.45, 2.75) is 50.2 Å². The van der Waals surface area contributed by atoms with Crippen LogP contribution in [0.5, 0.6) is 0 Å². The van der Waals surface area contributed by atoms with Gasteiger partial charge in [0.05, 0.1) is 30.2 Å². The highest BCUT2D eigenvalue weighted by Crippen LogP contribution is 2.21. The number of ether oxygens (including phenoxy) is 1. The van der Waals surface area contributed by atoms with Gasteiger partial charge in [-0.15, -0.1) is 5.10 Å². The first-order valence-corrected chi connectivity index (χ1v) is 10.1. The average Bonchev–Trinajstić information content (AvgIpc) is 3.17. The summed E-state index contributed by atoms with van der Waals surface area (Å²) >= 11 is 1.38. The number of para-hydroxylation sites is 1. The molecule has 28 heavy (non-hydrogen) atoms. The third-order valence-corrected chi connectivity index (χ3v) is 5.23. The molecular weight excluding hydrogens is 380 g/mol. The number of carbonyl (C=O) groups is 1. The molecule has 2 heterocycles. The van der Waals surface area contributed by atoms with E-state index in [-0.39, 0.29) is 24.5 Å². The number of hydrogen-bond acceptors (Lipinski definition) is 8. The number of aryl methyl sites for hydroxylation is 1. The molecule has 10 heteroatoms. The Labute approximate surface area is 166 Å². The molecule has 2 aromatic heterocycles. The van der Waals surface area contributed by atoms with Crippen LogP contribution in [0.3, 0.4) is 0 Å². The average molecular weight is 402 g/mol. The van der Waals surface area contributed by atoms with Crippen molar-refractivity contribution in [1.29, 1.82) is 0 Å². The van der Waals surface area contributed by atoms with E-state index >= 15 is 0 Å². The molecule has 3 rings (SSSR count). The minimum Gasteiger partial charge on any atom is -0.469 e. The minimum absolute atomic E-state index is 0.0955. The molecule has 0 N–H and O–H groups in total. The normalized spacial score (nSPS) is 11.1. The molecule has 0 unspecified atom stereocenters. The van der Waals surface area contributed by atoms with Crippen molar-refractivity contribution in [3.63, 3.8) is 0 Å². The van der Waals surface area contributed by atoms with Crippen LogP contribution in [-0.2, 0) is 28.4 Å². The number of aromatic nitrogens is 6. The predicted octanol–water partition coefficient (Wildman–Crippen LogP) is 2.04. The van der Waals surface area contributed by atoms with Gasteiger partial charge in [-0.25, -0.2) is 9.67 Å². The molecule has 0 aliphatic carbocycles. The number of nitrogens with zero attached hydrogens (tertiary/aromatic N) is 6. The van der Waals surface area contributed by atoms with Crippen LogP contribution < -0.4 is 5.56 Å². The zero-order valence-electron chi connectivity index (χ0n) is 15.9. The van der Waals surface area contributed by atoms with Gasteiger partial charge in [-0.1, -0.05) is 37.2 Å². The van der Waals surface area contributed by atoms with E-state index < -0.39 is 0 Å². The van der Waals surface area contributed by atoms with Gasteiger partial charge in [-0.05, 0) is 29.0 Å². The summed E-state index contributed by atoms with van der Waals surface area (Å²) in [6.45, 7) is 3.06. The standard InChI is InChI=1S/C18H22N6O3S/c1-3-4-10-24-15(20-21-22-24)12-28-18-19-14-8-6-5-7-13(14)17(26)23(18)11-9-16(25)27-2/h5-8H,3-4,9-12H2,1-2H3. The van der Waals surface area contributed by atoms with E-state index in [0.717, 1.165) is 25.2 Å². The van der Waals surface area contributed by atoms with Crippen molar-refractivity contribution in [3.05, 3.63) is 40.4 Å². The van der Waals surface area contributed by atoms with Crippen LogP contribution >= 0.6 is 11.8 Å². The predicted molar refractivity (Wildman–Crippen MR) is 105 cm³/mol. The number of thioether (sulfide) groups is 1. The molecule has 148 valence electrons. The fraction of sp³-hybridized carbons (Fsp3) is 0.444. The van der Waals surface area contributed by atoms with E-state index in [1.54, 1.807) is 22.9 Å². The van der Waals surface area contributed by atoms with Crippen LogP contribution in [0.25, 0.3) is 10.9 Å². The van der Waals surface area contributed by atoms with Gasteiger partial charge in [-0.2, -0.15) is 0 Å². The number of hydrogen-bond donors (Lipinski definition) is 0. The molecule has 9 nitrogen and oxygen atoms in total. The lowest BCUT2D eigenvalue weighted by atomic mass is 10.2. The Morgan fingerprint density at radius 2 is 2.07 bits per heavy atom. The summed E-state index contributed by atoms with van der Waals surface area (Å²) in [7, 11) is 1.33. The van der Waals surface area contributed by atoms with E-state index in [4.69, 9.17) is 4.74 Å². The van der Waals surface area contributed by atoms with Crippen molar-refractivity contribution in [2.75, 3.05) is 7.11 Å². The fourth-order valence-electron chi connectivity index (χ4n) is 2.70. The van der Waals surface area contributed by atoms with Crippen molar-refractivity contribution in [2.24, 2.45) is 0 Å². The number of esters is 1. The van der Waals surface area contributed by atoms with Crippen molar-refractivity contribution in [1.82, 2.24) is 29.8 Å². The van der Waals surface area contributed by atoms with Gasteiger partial charge in [-0.3, -0.25) is 14.2 Å². The zero-order valence-corrected chi connectivity index (χ0v) is 16.7. The lowest BCUT2D eigenvalue weighted by Crippen LogP contribution is -2.25. The second kappa shape index (κ2) is 9.45. The van der Waals surface area contributed by atoms with Gasteiger partial charge in [0.1, 0.15) is 0 Å². The van der Waals surface area contributed by atoms with Crippen LogP contribution in [-0.4, -0.2) is 42.8 Å². The van der Waals surface area contributed by atoms with Crippen molar-refractivity contribution < 1.29 is 9.53 Å². The molecular formula is C18H22N6O3S. The number of tetrazole rings is 1. The lowest BCUT2D eigenvalue weighted by Gasteiger charge is -2.12. The molecule has 0 atom stereocenters. The maximum atomic E-state index is 12.9. The van der Waals surface area contributed by atoms with E-state index in [1.165, 1.54) is 23.4 Å². The molecule has 0 amide bonds. The first-order valence-electron chi connectivity index (χ1n) is 9.08. The first kappa shape index (κ1) is 20.0. The third kappa shape index (κ3) is 4.56. The molecule has 0 radical (unpaired) electrons. The molecule has 3 aromatic rings. The van der Waals surface area contributed by atoms with E-state index in [0.29, 0.717) is 21.8 Å². The highest BCUT2D eigenvalue weighted by Gasteiger charge is 2.15. The molecule has 0 bridgehead atoms. The minimum atomic E-state index is -0.375. The summed E-state index contributed by atoms with van der Waals surface area (Å²) in [5.74, 6) is 0.819. The molecule has 0 saturated heterocycles. The fourth-order valence-corrected chi connectivity index (χ4v) is 3.66. The third-order valence-electron chi connectivity index (χ3n) is 4.25. The van der Waals surface area contributed by atoms with Gasteiger partial charge in [0.25, 0.3) is 5.56 Å². The van der Waals surface area contributed by atoms with Crippen LogP contribution in [0.4, 0.5) is 0 Å². The van der Waals surface area contributed by atoms with Gasteiger partial charge < -0.3 is 4.74 Å². The Balaban J connectivity index is 1.89. The second-order valence-corrected chi connectivity index (χ2v) is 7.10. The SMILES string of the molecule is CCCCn1nnnc1CSc1nc2ccccc2c(=O)n1CCC(=O)OC. The monoisotopic (exact) mass is 402 g/mol. The van der Waals surface area contributed by atoms with Gasteiger partial charge in [0, 0.05) is 13.1 Å². The number of unbranched alkanes of at least 4 members (excludes halogenated alkanes) is 1. The van der Waals surface area contributed by atoms with Gasteiger partial charge in [0.15, 0.2) is 11.0 Å². The highest BCUT2D eigenvalue weighted by atomic mass is 32.2. The number of carbonyl (C=O) groups excluding carboxylic acids is 1. The molecule has 0 fully saturated rings. The molecule has 0 aliphatic rings. The van der Waals surface area contributed by atoms with E-state index in [2.05, 4.69) is 27.4 Å². The summed E-state index contributed by atoms with van der Waals surface area (Å²) < 4.78 is 7.99. The summed E-state index contributed by atoms with van der Waals surface area (Å²) in [5, 5.41) is 12.9. The van der Waals surface area contributed by atoms with Crippen LogP contribution in [0, 0.1) is 0 Å². The Hall–Kier alpha value is -2.75. The highest BCUT2D eigenvalue weighted by molar-refractivity contribution is 7.98. The first-order chi connectivity index (χ1) is 13.6. The smallest absolute Gasteiger partial charge is 0.307 e. The maximum Gasteiger partial charge on any atom is 0.307 e. The van der Waals surface area contributed by atoms with Crippen LogP contribution in [0.2, 0.25) is 0 Å². The number of methoxy groups -OCH3 is 1. The largest absolute Gasteiger partial charge is 0.469 e. The molecule has 0 aliphatic heterocycles. The Morgan fingerprint density at radius 3 is 2.86 bits per heavy atom. The number of fused-ring (bicyclic) bond motifs is 1. The van der Waals surface area contributed by atoms with Crippen LogP contribution in [0.1, 0.15) is 32.0 Å². The van der Waals surface area contributed by atoms with Crippen LogP contribution in [0.15, 0.2) is 34.2 Å². The summed E-state index contributed by atoms with van der Waals surface area (Å²) in [6, 6.07) is 7.17. The second-order valence-electron chi connectivity index (χ2n) is 6.15. The van der Waals surface area contributed by atoms with E-state index in [1.807, 2.05) is 6.07 Å². The Kier molecular flexibility index (Phi) is 6.75. The molecule has 1 aromatic carbocycles. The Bertz CT molecular complexity index is 1020. The summed E-state index contributed by atoms with van der Waals surface area (Å²) in [5.41, 5.74) is 0.442. The van der Waals surface area contributed by atoms with Gasteiger partial charge in [0.2, 0.25) is 0 Å².